The molecule has 16 heavy (non-hydrogen) atoms. The van der Waals surface area contributed by atoms with E-state index in [9.17, 15) is 4.39 Å². The van der Waals surface area contributed by atoms with Gasteiger partial charge in [-0.1, -0.05) is 13.8 Å². The van der Waals surface area contributed by atoms with Crippen LogP contribution in [0.25, 0.3) is 0 Å². The molecule has 0 aromatic heterocycles. The molecule has 2 atom stereocenters. The van der Waals surface area contributed by atoms with E-state index in [-0.39, 0.29) is 6.04 Å². The van der Waals surface area contributed by atoms with Crippen molar-refractivity contribution in [3.63, 3.8) is 0 Å². The third kappa shape index (κ3) is 2.75. The van der Waals surface area contributed by atoms with E-state index in [2.05, 4.69) is 18.7 Å². The molecule has 0 spiro atoms. The van der Waals surface area contributed by atoms with Crippen LogP contribution in [0.1, 0.15) is 33.1 Å². The zero-order valence-corrected chi connectivity index (χ0v) is 10.5. The van der Waals surface area contributed by atoms with Gasteiger partial charge in [-0.25, -0.2) is 4.39 Å². The lowest BCUT2D eigenvalue weighted by Gasteiger charge is -2.41. The minimum absolute atomic E-state index is 0.127. The highest BCUT2D eigenvalue weighted by Gasteiger charge is 2.33. The molecular formula is C13H24FNO. The molecule has 0 aliphatic carbocycles. The van der Waals surface area contributed by atoms with Crippen LogP contribution in [0.5, 0.6) is 0 Å². The van der Waals surface area contributed by atoms with E-state index in [1.54, 1.807) is 0 Å². The van der Waals surface area contributed by atoms with Gasteiger partial charge in [0.1, 0.15) is 6.17 Å². The van der Waals surface area contributed by atoms with Crippen LogP contribution < -0.4 is 0 Å². The van der Waals surface area contributed by atoms with Crippen LogP contribution in [0.15, 0.2) is 0 Å². The molecule has 2 aliphatic rings. The zero-order valence-electron chi connectivity index (χ0n) is 10.5. The van der Waals surface area contributed by atoms with Crippen molar-refractivity contribution >= 4 is 0 Å². The summed E-state index contributed by atoms with van der Waals surface area (Å²) < 4.78 is 18.9. The van der Waals surface area contributed by atoms with E-state index in [1.807, 2.05) is 0 Å². The molecule has 0 N–H and O–H groups in total. The van der Waals surface area contributed by atoms with Crippen LogP contribution in [0, 0.1) is 11.8 Å². The summed E-state index contributed by atoms with van der Waals surface area (Å²) >= 11 is 0. The van der Waals surface area contributed by atoms with Crippen LogP contribution in [0.3, 0.4) is 0 Å². The summed E-state index contributed by atoms with van der Waals surface area (Å²) in [7, 11) is 0. The maximum Gasteiger partial charge on any atom is 0.139 e. The molecule has 2 heterocycles. The molecule has 0 aromatic carbocycles. The number of halogens is 1. The highest BCUT2D eigenvalue weighted by molar-refractivity contribution is 4.85. The standard InChI is InChI=1S/C13H24FNO/c1-10(2)11-3-6-15(7-4-11)13-5-8-16-9-12(13)14/h10-13H,3-9H2,1-2H3. The van der Waals surface area contributed by atoms with Crippen LogP contribution in [0.2, 0.25) is 0 Å². The van der Waals surface area contributed by atoms with E-state index >= 15 is 0 Å². The molecular weight excluding hydrogens is 205 g/mol. The summed E-state index contributed by atoms with van der Waals surface area (Å²) in [6.45, 7) is 7.78. The molecule has 3 heteroatoms. The average Bonchev–Trinajstić information content (AvgIpc) is 2.30. The van der Waals surface area contributed by atoms with Crippen molar-refractivity contribution in [2.24, 2.45) is 11.8 Å². The highest BCUT2D eigenvalue weighted by atomic mass is 19.1. The minimum Gasteiger partial charge on any atom is -0.378 e. The summed E-state index contributed by atoms with van der Waals surface area (Å²) in [6, 6.07) is 0.127. The Morgan fingerprint density at radius 3 is 2.44 bits per heavy atom. The molecule has 0 amide bonds. The molecule has 2 fully saturated rings. The third-order valence-corrected chi connectivity index (χ3v) is 4.24. The summed E-state index contributed by atoms with van der Waals surface area (Å²) in [5.74, 6) is 1.62. The van der Waals surface area contributed by atoms with Gasteiger partial charge in [-0.05, 0) is 44.2 Å². The predicted molar refractivity (Wildman–Crippen MR) is 63.3 cm³/mol. The van der Waals surface area contributed by atoms with Crippen molar-refractivity contribution in [2.45, 2.75) is 45.3 Å². The quantitative estimate of drug-likeness (QED) is 0.721. The number of likely N-dealkylation sites (tertiary alicyclic amines) is 1. The van der Waals surface area contributed by atoms with Gasteiger partial charge in [-0.15, -0.1) is 0 Å². The second-order valence-electron chi connectivity index (χ2n) is 5.56. The highest BCUT2D eigenvalue weighted by Crippen LogP contribution is 2.28. The zero-order chi connectivity index (χ0) is 11.5. The van der Waals surface area contributed by atoms with Gasteiger partial charge < -0.3 is 4.74 Å². The van der Waals surface area contributed by atoms with Crippen molar-refractivity contribution in [3.8, 4) is 0 Å². The van der Waals surface area contributed by atoms with E-state index in [0.29, 0.717) is 6.61 Å². The summed E-state index contributed by atoms with van der Waals surface area (Å²) in [6.07, 6.45) is 2.57. The molecule has 0 bridgehead atoms. The summed E-state index contributed by atoms with van der Waals surface area (Å²) in [5, 5.41) is 0. The normalized spacial score (nSPS) is 34.5. The van der Waals surface area contributed by atoms with Gasteiger partial charge >= 0.3 is 0 Å². The third-order valence-electron chi connectivity index (χ3n) is 4.24. The Kier molecular flexibility index (Phi) is 4.20. The summed E-state index contributed by atoms with van der Waals surface area (Å²) in [5.41, 5.74) is 0. The van der Waals surface area contributed by atoms with Crippen LogP contribution >= 0.6 is 0 Å². The van der Waals surface area contributed by atoms with Crippen LogP contribution in [0.4, 0.5) is 4.39 Å². The fraction of sp³-hybridized carbons (Fsp3) is 1.00. The number of piperidine rings is 1. The minimum atomic E-state index is -0.774. The first-order valence-electron chi connectivity index (χ1n) is 6.64. The molecule has 2 saturated heterocycles. The van der Waals surface area contributed by atoms with E-state index in [1.165, 1.54) is 12.8 Å². The van der Waals surface area contributed by atoms with Gasteiger partial charge in [-0.2, -0.15) is 0 Å². The lowest BCUT2D eigenvalue weighted by molar-refractivity contribution is -0.0381. The molecule has 2 rings (SSSR count). The largest absolute Gasteiger partial charge is 0.378 e. The monoisotopic (exact) mass is 229 g/mol. The Bertz CT molecular complexity index is 214. The lowest BCUT2D eigenvalue weighted by Crippen LogP contribution is -2.50. The molecule has 0 saturated carbocycles. The summed E-state index contributed by atoms with van der Waals surface area (Å²) in [4.78, 5) is 2.35. The fourth-order valence-corrected chi connectivity index (χ4v) is 3.02. The number of hydrogen-bond donors (Lipinski definition) is 0. The fourth-order valence-electron chi connectivity index (χ4n) is 3.02. The second-order valence-corrected chi connectivity index (χ2v) is 5.56. The number of nitrogens with zero attached hydrogens (tertiary/aromatic N) is 1. The van der Waals surface area contributed by atoms with Crippen LogP contribution in [-0.2, 0) is 4.74 Å². The van der Waals surface area contributed by atoms with Gasteiger partial charge in [0.15, 0.2) is 0 Å². The number of ether oxygens (including phenoxy) is 1. The van der Waals surface area contributed by atoms with Crippen LogP contribution in [-0.4, -0.2) is 43.4 Å². The van der Waals surface area contributed by atoms with Crippen molar-refractivity contribution in [1.29, 1.82) is 0 Å². The first-order valence-corrected chi connectivity index (χ1v) is 6.64. The maximum absolute atomic E-state index is 13.7. The molecule has 94 valence electrons. The molecule has 0 aromatic rings. The predicted octanol–water partition coefficient (Wildman–Crippen LogP) is 2.48. The first kappa shape index (κ1) is 12.3. The maximum atomic E-state index is 13.7. The van der Waals surface area contributed by atoms with Gasteiger partial charge in [-0.3, -0.25) is 4.90 Å². The van der Waals surface area contributed by atoms with Gasteiger partial charge in [0.2, 0.25) is 0 Å². The Morgan fingerprint density at radius 2 is 1.88 bits per heavy atom. The first-order chi connectivity index (χ1) is 7.68. The topological polar surface area (TPSA) is 12.5 Å². The van der Waals surface area contributed by atoms with Gasteiger partial charge in [0.25, 0.3) is 0 Å². The van der Waals surface area contributed by atoms with Crippen molar-refractivity contribution in [3.05, 3.63) is 0 Å². The SMILES string of the molecule is CC(C)C1CCN(C2CCOCC2F)CC1. The second kappa shape index (κ2) is 5.46. The number of alkyl halides is 1. The van der Waals surface area contributed by atoms with Gasteiger partial charge in [0.05, 0.1) is 6.61 Å². The Morgan fingerprint density at radius 1 is 1.19 bits per heavy atom. The van der Waals surface area contributed by atoms with Gasteiger partial charge in [0, 0.05) is 12.6 Å². The molecule has 2 aliphatic heterocycles. The van der Waals surface area contributed by atoms with E-state index in [4.69, 9.17) is 4.74 Å². The van der Waals surface area contributed by atoms with Crippen molar-refractivity contribution in [1.82, 2.24) is 4.90 Å². The molecule has 2 unspecified atom stereocenters. The Hall–Kier alpha value is -0.150. The van der Waals surface area contributed by atoms with Crippen molar-refractivity contribution < 1.29 is 9.13 Å². The molecule has 0 radical (unpaired) electrons. The Balaban J connectivity index is 1.83. The lowest BCUT2D eigenvalue weighted by atomic mass is 9.85. The van der Waals surface area contributed by atoms with Crippen molar-refractivity contribution in [2.75, 3.05) is 26.3 Å². The van der Waals surface area contributed by atoms with E-state index in [0.717, 1.165) is 38.0 Å². The number of rotatable bonds is 2. The Labute approximate surface area is 98.1 Å². The molecule has 2 nitrogen and oxygen atoms in total. The average molecular weight is 229 g/mol. The van der Waals surface area contributed by atoms with E-state index < -0.39 is 6.17 Å². The number of hydrogen-bond acceptors (Lipinski definition) is 2. The smallest absolute Gasteiger partial charge is 0.139 e.